The number of nitrogens with zero attached hydrogens (tertiary/aromatic N) is 1. The van der Waals surface area contributed by atoms with E-state index in [4.69, 9.17) is 0 Å². The van der Waals surface area contributed by atoms with Crippen LogP contribution in [0, 0.1) is 0 Å². The van der Waals surface area contributed by atoms with Gasteiger partial charge in [0, 0.05) is 22.4 Å². The smallest absolute Gasteiger partial charge is 0.0540 e. The maximum absolute atomic E-state index is 2.41. The quantitative estimate of drug-likeness (QED) is 0.123. The van der Waals surface area contributed by atoms with Gasteiger partial charge in [-0.05, 0) is 100 Å². The molecule has 0 fully saturated rings. The lowest BCUT2D eigenvalue weighted by atomic mass is 9.84. The van der Waals surface area contributed by atoms with Gasteiger partial charge in [0.1, 0.15) is 0 Å². The molecule has 0 spiro atoms. The van der Waals surface area contributed by atoms with Crippen molar-refractivity contribution in [3.05, 3.63) is 211 Å². The summed E-state index contributed by atoms with van der Waals surface area (Å²) in [4.78, 5) is 2.41. The molecule has 258 valence electrons. The van der Waals surface area contributed by atoms with Gasteiger partial charge >= 0.3 is 0 Å². The molecule has 0 aliphatic carbocycles. The van der Waals surface area contributed by atoms with E-state index in [2.05, 4.69) is 212 Å². The van der Waals surface area contributed by atoms with Gasteiger partial charge in [0.2, 0.25) is 0 Å². The van der Waals surface area contributed by atoms with E-state index in [1.807, 2.05) is 0 Å². The third-order valence-electron chi connectivity index (χ3n) is 11.9. The van der Waals surface area contributed by atoms with E-state index in [0.29, 0.717) is 0 Å². The van der Waals surface area contributed by atoms with Gasteiger partial charge in [0.15, 0.2) is 0 Å². The summed E-state index contributed by atoms with van der Waals surface area (Å²) in [5.41, 5.74) is 8.56. The zero-order chi connectivity index (χ0) is 36.5. The van der Waals surface area contributed by atoms with Gasteiger partial charge in [-0.2, -0.15) is 0 Å². The summed E-state index contributed by atoms with van der Waals surface area (Å²) in [6, 6.07) is 73.8. The Morgan fingerprint density at radius 1 is 0.327 bits per heavy atom. The molecular formula is C54H37N. The zero-order valence-electron chi connectivity index (χ0n) is 30.6. The first-order valence-corrected chi connectivity index (χ1v) is 19.3. The molecular weight excluding hydrogens is 663 g/mol. The molecule has 0 heterocycles. The second kappa shape index (κ2) is 12.6. The molecule has 55 heavy (non-hydrogen) atoms. The van der Waals surface area contributed by atoms with Crippen molar-refractivity contribution in [2.24, 2.45) is 0 Å². The highest BCUT2D eigenvalue weighted by Crippen LogP contribution is 2.44. The summed E-state index contributed by atoms with van der Waals surface area (Å²) in [6.45, 7) is 2.35. The Morgan fingerprint density at radius 2 is 0.764 bits per heavy atom. The van der Waals surface area contributed by atoms with E-state index >= 15 is 0 Å². The third-order valence-corrected chi connectivity index (χ3v) is 11.9. The van der Waals surface area contributed by atoms with Crippen LogP contribution >= 0.6 is 0 Å². The second-order valence-corrected chi connectivity index (χ2v) is 14.9. The highest BCUT2D eigenvalue weighted by atomic mass is 15.1. The summed E-state index contributed by atoms with van der Waals surface area (Å²) in [5, 5.41) is 15.6. The Morgan fingerprint density at radius 3 is 1.38 bits per heavy atom. The van der Waals surface area contributed by atoms with Crippen molar-refractivity contribution in [2.75, 3.05) is 4.90 Å². The third kappa shape index (κ3) is 5.01. The van der Waals surface area contributed by atoms with Crippen molar-refractivity contribution in [1.29, 1.82) is 0 Å². The molecule has 11 rings (SSSR count). The van der Waals surface area contributed by atoms with Crippen LogP contribution in [0.15, 0.2) is 200 Å². The van der Waals surface area contributed by atoms with Crippen molar-refractivity contribution in [3.8, 4) is 11.1 Å². The SMILES string of the molecule is CC(c1ccc(-c2ccc(N(c3cccc4ccccc34)c3cccc4ccccc34)cc2)cc1)c1ccc2c3cccc4cccc(c5cccc1c52)c43. The maximum Gasteiger partial charge on any atom is 0.0540 e. The topological polar surface area (TPSA) is 3.24 Å². The second-order valence-electron chi connectivity index (χ2n) is 14.9. The summed E-state index contributed by atoms with van der Waals surface area (Å²) >= 11 is 0. The molecule has 0 radical (unpaired) electrons. The highest BCUT2D eigenvalue weighted by molar-refractivity contribution is 6.33. The molecule has 0 saturated heterocycles. The molecule has 1 unspecified atom stereocenters. The zero-order valence-corrected chi connectivity index (χ0v) is 30.6. The lowest BCUT2D eigenvalue weighted by Gasteiger charge is -2.28. The summed E-state index contributed by atoms with van der Waals surface area (Å²) in [6.07, 6.45) is 0. The van der Waals surface area contributed by atoms with Crippen LogP contribution in [0.3, 0.4) is 0 Å². The van der Waals surface area contributed by atoms with E-state index in [9.17, 15) is 0 Å². The van der Waals surface area contributed by atoms with Crippen LogP contribution in [0.25, 0.3) is 75.8 Å². The first kappa shape index (κ1) is 31.6. The summed E-state index contributed by atoms with van der Waals surface area (Å²) in [7, 11) is 0. The van der Waals surface area contributed by atoms with Crippen molar-refractivity contribution >= 4 is 81.7 Å². The van der Waals surface area contributed by atoms with Crippen molar-refractivity contribution < 1.29 is 0 Å². The Balaban J connectivity index is 0.959. The largest absolute Gasteiger partial charge is 0.309 e. The molecule has 0 N–H and O–H groups in total. The average molecular weight is 700 g/mol. The number of fused-ring (bicyclic) bond motifs is 4. The van der Waals surface area contributed by atoms with E-state index in [0.717, 1.165) is 5.69 Å². The minimum Gasteiger partial charge on any atom is -0.309 e. The first-order chi connectivity index (χ1) is 27.2. The molecule has 11 aromatic rings. The van der Waals surface area contributed by atoms with Crippen molar-refractivity contribution in [1.82, 2.24) is 0 Å². The maximum atomic E-state index is 2.41. The van der Waals surface area contributed by atoms with Crippen molar-refractivity contribution in [3.63, 3.8) is 0 Å². The Labute approximate surface area is 320 Å². The minimum atomic E-state index is 0.239. The molecule has 0 bridgehead atoms. The van der Waals surface area contributed by atoms with E-state index < -0.39 is 0 Å². The average Bonchev–Trinajstić information content (AvgIpc) is 3.25. The van der Waals surface area contributed by atoms with E-state index in [-0.39, 0.29) is 5.92 Å². The van der Waals surface area contributed by atoms with Gasteiger partial charge in [-0.15, -0.1) is 0 Å². The standard InChI is InChI=1S/C54H37N/c1-35(43-33-34-50-48-20-7-16-41-15-6-19-47(53(41)48)49-22-10-21-46(43)54(49)50)36-25-27-37(28-26-36)38-29-31-42(32-30-38)55(51-23-8-13-39-11-2-4-17-44(39)51)52-24-9-14-40-12-3-5-18-45(40)52/h2-35H,1H3. The fraction of sp³-hybridized carbons (Fsp3) is 0.0370. The van der Waals surface area contributed by atoms with Crippen LogP contribution in [0.1, 0.15) is 24.0 Å². The molecule has 0 aliphatic rings. The predicted molar refractivity (Wildman–Crippen MR) is 237 cm³/mol. The lowest BCUT2D eigenvalue weighted by molar-refractivity contribution is 0.934. The fourth-order valence-corrected chi connectivity index (χ4v) is 9.21. The van der Waals surface area contributed by atoms with Crippen LogP contribution in [-0.4, -0.2) is 0 Å². The first-order valence-electron chi connectivity index (χ1n) is 19.3. The van der Waals surface area contributed by atoms with Crippen LogP contribution in [0.2, 0.25) is 0 Å². The number of hydrogen-bond acceptors (Lipinski definition) is 1. The van der Waals surface area contributed by atoms with E-state index in [1.54, 1.807) is 0 Å². The van der Waals surface area contributed by atoms with Crippen molar-refractivity contribution in [2.45, 2.75) is 12.8 Å². The Bertz CT molecular complexity index is 3070. The van der Waals surface area contributed by atoms with Gasteiger partial charge in [0.05, 0.1) is 11.4 Å². The molecule has 1 nitrogen and oxygen atoms in total. The molecule has 0 aromatic heterocycles. The summed E-state index contributed by atoms with van der Waals surface area (Å²) in [5.74, 6) is 0.239. The number of rotatable bonds is 6. The van der Waals surface area contributed by atoms with Crippen LogP contribution < -0.4 is 4.90 Å². The van der Waals surface area contributed by atoms with Gasteiger partial charge in [0.25, 0.3) is 0 Å². The molecule has 0 amide bonds. The fourth-order valence-electron chi connectivity index (χ4n) is 9.21. The molecule has 0 aliphatic heterocycles. The van der Waals surface area contributed by atoms with Crippen LogP contribution in [-0.2, 0) is 0 Å². The Hall–Kier alpha value is -6.96. The molecule has 1 atom stereocenters. The molecule has 0 saturated carbocycles. The van der Waals surface area contributed by atoms with Crippen LogP contribution in [0.4, 0.5) is 17.1 Å². The van der Waals surface area contributed by atoms with Gasteiger partial charge in [-0.25, -0.2) is 0 Å². The highest BCUT2D eigenvalue weighted by Gasteiger charge is 2.20. The Kier molecular flexibility index (Phi) is 7.22. The van der Waals surface area contributed by atoms with Crippen LogP contribution in [0.5, 0.6) is 0 Å². The van der Waals surface area contributed by atoms with Gasteiger partial charge < -0.3 is 4.90 Å². The summed E-state index contributed by atoms with van der Waals surface area (Å²) < 4.78 is 0. The van der Waals surface area contributed by atoms with Gasteiger partial charge in [-0.3, -0.25) is 0 Å². The monoisotopic (exact) mass is 699 g/mol. The number of anilines is 3. The number of benzene rings is 11. The normalized spacial score (nSPS) is 12.4. The lowest BCUT2D eigenvalue weighted by Crippen LogP contribution is -2.11. The predicted octanol–water partition coefficient (Wildman–Crippen LogP) is 15.3. The molecule has 11 aromatic carbocycles. The van der Waals surface area contributed by atoms with E-state index in [1.165, 1.54) is 98.3 Å². The molecule has 1 heteroatoms. The minimum absolute atomic E-state index is 0.239. The number of hydrogen-bond donors (Lipinski definition) is 0. The van der Waals surface area contributed by atoms with Gasteiger partial charge in [-0.1, -0.05) is 183 Å².